The Bertz CT molecular complexity index is 717. The van der Waals surface area contributed by atoms with Gasteiger partial charge in [0.15, 0.2) is 0 Å². The maximum atomic E-state index is 8.70. The first-order valence-electron chi connectivity index (χ1n) is 8.61. The van der Waals surface area contributed by atoms with E-state index in [9.17, 15) is 0 Å². The third kappa shape index (κ3) is 5.24. The minimum Gasteiger partial charge on any atom is -0.490 e. The van der Waals surface area contributed by atoms with Gasteiger partial charge in [-0.15, -0.1) is 0 Å². The van der Waals surface area contributed by atoms with Crippen LogP contribution in [-0.4, -0.2) is 24.6 Å². The number of benzene rings is 2. The fourth-order valence-corrected chi connectivity index (χ4v) is 2.59. The fraction of sp³-hybridized carbons (Fsp3) is 0.381. The Morgan fingerprint density at radius 3 is 2.32 bits per heavy atom. The first kappa shape index (κ1) is 18.8. The lowest BCUT2D eigenvalue weighted by Crippen LogP contribution is -2.16. The van der Waals surface area contributed by atoms with Gasteiger partial charge in [0.2, 0.25) is 0 Å². The summed E-state index contributed by atoms with van der Waals surface area (Å²) in [5.74, 6) is 1.57. The van der Waals surface area contributed by atoms with E-state index in [0.29, 0.717) is 19.0 Å². The van der Waals surface area contributed by atoms with Gasteiger partial charge < -0.3 is 14.7 Å². The molecule has 1 N–H and O–H groups in total. The van der Waals surface area contributed by atoms with Crippen molar-refractivity contribution in [3.8, 4) is 11.5 Å². The Morgan fingerprint density at radius 1 is 1.00 bits per heavy atom. The summed E-state index contributed by atoms with van der Waals surface area (Å²) in [6.07, 6.45) is 2.37. The summed E-state index contributed by atoms with van der Waals surface area (Å²) in [6.45, 7) is 9.58. The summed E-state index contributed by atoms with van der Waals surface area (Å²) in [6, 6.07) is 13.8. The Kier molecular flexibility index (Phi) is 6.45. The number of aryl methyl sites for hydroxylation is 1. The van der Waals surface area contributed by atoms with Gasteiger partial charge >= 0.3 is 0 Å². The Hall–Kier alpha value is -2.49. The molecule has 0 aliphatic heterocycles. The normalized spacial score (nSPS) is 11.7. The topological polar surface area (TPSA) is 51.0 Å². The third-order valence-corrected chi connectivity index (χ3v) is 3.97. The summed E-state index contributed by atoms with van der Waals surface area (Å²) < 4.78 is 11.7. The van der Waals surface area contributed by atoms with Crippen LogP contribution < -0.4 is 9.47 Å². The van der Waals surface area contributed by atoms with Crippen molar-refractivity contribution in [1.29, 1.82) is 0 Å². The van der Waals surface area contributed by atoms with Crippen molar-refractivity contribution in [3.63, 3.8) is 0 Å². The van der Waals surface area contributed by atoms with Gasteiger partial charge in [-0.25, -0.2) is 0 Å². The molecular formula is C21H27NO3. The second-order valence-electron chi connectivity index (χ2n) is 6.91. The summed E-state index contributed by atoms with van der Waals surface area (Å²) in [7, 11) is 0. The lowest BCUT2D eigenvalue weighted by Gasteiger charge is -2.23. The smallest absolute Gasteiger partial charge is 0.128 e. The molecule has 0 atom stereocenters. The summed E-state index contributed by atoms with van der Waals surface area (Å²) in [5.41, 5.74) is 3.27. The van der Waals surface area contributed by atoms with Crippen molar-refractivity contribution in [2.24, 2.45) is 5.16 Å². The molecule has 0 aliphatic carbocycles. The van der Waals surface area contributed by atoms with Crippen LogP contribution in [0.1, 0.15) is 44.4 Å². The predicted molar refractivity (Wildman–Crippen MR) is 101 cm³/mol. The molecular weight excluding hydrogens is 314 g/mol. The number of hydrogen-bond acceptors (Lipinski definition) is 4. The molecule has 0 spiro atoms. The van der Waals surface area contributed by atoms with Gasteiger partial charge in [0.25, 0.3) is 0 Å². The lowest BCUT2D eigenvalue weighted by molar-refractivity contribution is 0.214. The van der Waals surface area contributed by atoms with Crippen LogP contribution in [-0.2, 0) is 11.8 Å². The van der Waals surface area contributed by atoms with Gasteiger partial charge in [0.05, 0.1) is 6.21 Å². The molecule has 0 fully saturated rings. The number of oxime groups is 1. The molecule has 2 rings (SSSR count). The zero-order chi connectivity index (χ0) is 18.3. The molecule has 0 radical (unpaired) electrons. The van der Waals surface area contributed by atoms with Crippen molar-refractivity contribution in [2.45, 2.75) is 39.5 Å². The van der Waals surface area contributed by atoms with Crippen LogP contribution in [0.15, 0.2) is 47.6 Å². The highest BCUT2D eigenvalue weighted by molar-refractivity contribution is 5.82. The highest BCUT2D eigenvalue weighted by Gasteiger charge is 2.19. The molecule has 25 heavy (non-hydrogen) atoms. The van der Waals surface area contributed by atoms with Crippen molar-refractivity contribution in [3.05, 3.63) is 59.2 Å². The van der Waals surface area contributed by atoms with Crippen LogP contribution in [0, 0.1) is 0 Å². The molecule has 134 valence electrons. The van der Waals surface area contributed by atoms with Crippen LogP contribution in [0.2, 0.25) is 0 Å². The SMILES string of the molecule is CCc1ccc(OCCOc2ccccc2C=NO)c(C(C)(C)C)c1. The minimum absolute atomic E-state index is 0.0194. The zero-order valence-electron chi connectivity index (χ0n) is 15.5. The standard InChI is InChI=1S/C21H27NO3/c1-5-16-10-11-20(18(14-16)21(2,3)4)25-13-12-24-19-9-7-6-8-17(19)15-22-23/h6-11,14-15,23H,5,12-13H2,1-4H3. The van der Waals surface area contributed by atoms with Crippen LogP contribution in [0.4, 0.5) is 0 Å². The lowest BCUT2D eigenvalue weighted by atomic mass is 9.85. The first-order valence-corrected chi connectivity index (χ1v) is 8.61. The largest absolute Gasteiger partial charge is 0.490 e. The van der Waals surface area contributed by atoms with Crippen LogP contribution in [0.3, 0.4) is 0 Å². The number of ether oxygens (including phenoxy) is 2. The van der Waals surface area contributed by atoms with Gasteiger partial charge in [-0.3, -0.25) is 0 Å². The molecule has 0 heterocycles. The van der Waals surface area contributed by atoms with Crippen LogP contribution >= 0.6 is 0 Å². The van der Waals surface area contributed by atoms with E-state index >= 15 is 0 Å². The Labute approximate surface area is 150 Å². The zero-order valence-corrected chi connectivity index (χ0v) is 15.5. The Balaban J connectivity index is 2.01. The third-order valence-electron chi connectivity index (χ3n) is 3.97. The molecule has 0 bridgehead atoms. The minimum atomic E-state index is 0.0194. The van der Waals surface area contributed by atoms with Gasteiger partial charge in [-0.2, -0.15) is 0 Å². The van der Waals surface area contributed by atoms with E-state index in [1.165, 1.54) is 17.3 Å². The fourth-order valence-electron chi connectivity index (χ4n) is 2.59. The number of nitrogens with zero attached hydrogens (tertiary/aromatic N) is 1. The van der Waals surface area contributed by atoms with E-state index in [2.05, 4.69) is 45.0 Å². The van der Waals surface area contributed by atoms with Crippen LogP contribution in [0.25, 0.3) is 0 Å². The van der Waals surface area contributed by atoms with E-state index in [1.54, 1.807) is 0 Å². The number of rotatable bonds is 7. The maximum Gasteiger partial charge on any atom is 0.128 e. The predicted octanol–water partition coefficient (Wildman–Crippen LogP) is 4.81. The highest BCUT2D eigenvalue weighted by Crippen LogP contribution is 2.32. The van der Waals surface area contributed by atoms with Crippen molar-refractivity contribution >= 4 is 6.21 Å². The molecule has 0 saturated heterocycles. The average molecular weight is 341 g/mol. The molecule has 0 aliphatic rings. The molecule has 0 aromatic heterocycles. The first-order chi connectivity index (χ1) is 12.0. The van der Waals surface area contributed by atoms with E-state index in [1.807, 2.05) is 30.3 Å². The van der Waals surface area contributed by atoms with Gasteiger partial charge in [0.1, 0.15) is 24.7 Å². The quantitative estimate of drug-likeness (QED) is 0.340. The van der Waals surface area contributed by atoms with Crippen molar-refractivity contribution in [2.75, 3.05) is 13.2 Å². The molecule has 4 nitrogen and oxygen atoms in total. The van der Waals surface area contributed by atoms with E-state index in [-0.39, 0.29) is 5.41 Å². The number of para-hydroxylation sites is 1. The van der Waals surface area contributed by atoms with E-state index in [0.717, 1.165) is 17.7 Å². The average Bonchev–Trinajstić information content (AvgIpc) is 2.59. The number of hydrogen-bond donors (Lipinski definition) is 1. The van der Waals surface area contributed by atoms with Gasteiger partial charge in [-0.05, 0) is 41.2 Å². The summed E-state index contributed by atoms with van der Waals surface area (Å²) in [5, 5.41) is 11.8. The Morgan fingerprint density at radius 2 is 1.68 bits per heavy atom. The molecule has 0 saturated carbocycles. The van der Waals surface area contributed by atoms with Gasteiger partial charge in [-0.1, -0.05) is 57.1 Å². The van der Waals surface area contributed by atoms with Crippen molar-refractivity contribution < 1.29 is 14.7 Å². The molecule has 2 aromatic carbocycles. The second kappa shape index (κ2) is 8.56. The monoisotopic (exact) mass is 341 g/mol. The highest BCUT2D eigenvalue weighted by atomic mass is 16.5. The maximum absolute atomic E-state index is 8.70. The summed E-state index contributed by atoms with van der Waals surface area (Å²) in [4.78, 5) is 0. The molecule has 0 unspecified atom stereocenters. The molecule has 0 amide bonds. The van der Waals surface area contributed by atoms with Crippen molar-refractivity contribution in [1.82, 2.24) is 0 Å². The van der Waals surface area contributed by atoms with Gasteiger partial charge in [0, 0.05) is 5.56 Å². The second-order valence-corrected chi connectivity index (χ2v) is 6.91. The van der Waals surface area contributed by atoms with E-state index < -0.39 is 0 Å². The molecule has 2 aromatic rings. The van der Waals surface area contributed by atoms with Crippen LogP contribution in [0.5, 0.6) is 11.5 Å². The summed E-state index contributed by atoms with van der Waals surface area (Å²) >= 11 is 0. The molecule has 4 heteroatoms. The van der Waals surface area contributed by atoms with E-state index in [4.69, 9.17) is 14.7 Å².